The largest absolute Gasteiger partial charge is 0.493 e. The summed E-state index contributed by atoms with van der Waals surface area (Å²) in [6.07, 6.45) is 4.52. The summed E-state index contributed by atoms with van der Waals surface area (Å²) in [7, 11) is 1.57. The van der Waals surface area contributed by atoms with Gasteiger partial charge in [-0.05, 0) is 57.4 Å². The first kappa shape index (κ1) is 20.3. The van der Waals surface area contributed by atoms with Crippen LogP contribution in [0.2, 0.25) is 0 Å². The highest BCUT2D eigenvalue weighted by Gasteiger charge is 2.11. The fourth-order valence-electron chi connectivity index (χ4n) is 2.07. The first-order chi connectivity index (χ1) is 12.5. The first-order valence-electron chi connectivity index (χ1n) is 7.74. The maximum atomic E-state index is 11.5. The Morgan fingerprint density at radius 3 is 2.58 bits per heavy atom. The minimum Gasteiger partial charge on any atom is -0.493 e. The van der Waals surface area contributed by atoms with E-state index in [-0.39, 0.29) is 6.61 Å². The van der Waals surface area contributed by atoms with Crippen molar-refractivity contribution in [3.8, 4) is 11.5 Å². The molecule has 0 saturated carbocycles. The van der Waals surface area contributed by atoms with E-state index in [9.17, 15) is 4.79 Å². The van der Waals surface area contributed by atoms with Crippen molar-refractivity contribution in [3.05, 3.63) is 75.2 Å². The van der Waals surface area contributed by atoms with Crippen molar-refractivity contribution in [2.75, 3.05) is 13.7 Å². The van der Waals surface area contributed by atoms with Crippen LogP contribution in [-0.2, 0) is 16.1 Å². The van der Waals surface area contributed by atoms with Gasteiger partial charge in [0, 0.05) is 10.5 Å². The van der Waals surface area contributed by atoms with Crippen molar-refractivity contribution < 1.29 is 19.0 Å². The number of benzene rings is 2. The third-order valence-corrected chi connectivity index (χ3v) is 4.42. The van der Waals surface area contributed by atoms with Gasteiger partial charge in [-0.15, -0.1) is 0 Å². The number of esters is 1. The lowest BCUT2D eigenvalue weighted by atomic mass is 10.2. The molecule has 0 aliphatic rings. The van der Waals surface area contributed by atoms with Crippen LogP contribution in [0.1, 0.15) is 11.1 Å². The van der Waals surface area contributed by atoms with Crippen LogP contribution in [0.25, 0.3) is 6.08 Å². The molecule has 0 amide bonds. The van der Waals surface area contributed by atoms with Crippen molar-refractivity contribution in [3.63, 3.8) is 0 Å². The van der Waals surface area contributed by atoms with Gasteiger partial charge >= 0.3 is 5.97 Å². The summed E-state index contributed by atoms with van der Waals surface area (Å²) >= 11 is 6.91. The molecule has 0 unspecified atom stereocenters. The van der Waals surface area contributed by atoms with Crippen molar-refractivity contribution in [1.29, 1.82) is 0 Å². The number of halogens is 2. The summed E-state index contributed by atoms with van der Waals surface area (Å²) in [4.78, 5) is 11.5. The number of rotatable bonds is 8. The number of ether oxygens (including phenoxy) is 3. The van der Waals surface area contributed by atoms with Crippen molar-refractivity contribution in [2.24, 2.45) is 0 Å². The highest BCUT2D eigenvalue weighted by atomic mass is 79.9. The Labute approximate surface area is 169 Å². The molecule has 0 atom stereocenters. The SMILES string of the molecule is C=CCOC(=O)/C=C/c1cc(Br)c(OCc2ccc(Br)cc2)c(OC)c1. The van der Waals surface area contributed by atoms with Crippen molar-refractivity contribution in [1.82, 2.24) is 0 Å². The topological polar surface area (TPSA) is 44.8 Å². The van der Waals surface area contributed by atoms with Crippen LogP contribution < -0.4 is 9.47 Å². The van der Waals surface area contributed by atoms with Gasteiger partial charge in [0.05, 0.1) is 11.6 Å². The van der Waals surface area contributed by atoms with Crippen LogP contribution in [-0.4, -0.2) is 19.7 Å². The van der Waals surface area contributed by atoms with Crippen LogP contribution in [0.15, 0.2) is 64.1 Å². The number of methoxy groups -OCH3 is 1. The lowest BCUT2D eigenvalue weighted by Crippen LogP contribution is -2.00. The van der Waals surface area contributed by atoms with Gasteiger partial charge in [0.1, 0.15) is 13.2 Å². The Bertz CT molecular complexity index is 798. The van der Waals surface area contributed by atoms with E-state index < -0.39 is 5.97 Å². The molecule has 0 heterocycles. The van der Waals surface area contributed by atoms with Crippen LogP contribution in [0.4, 0.5) is 0 Å². The summed E-state index contributed by atoms with van der Waals surface area (Å²) in [5, 5.41) is 0. The van der Waals surface area contributed by atoms with Gasteiger partial charge in [-0.25, -0.2) is 4.79 Å². The Morgan fingerprint density at radius 2 is 1.92 bits per heavy atom. The molecule has 0 spiro atoms. The number of hydrogen-bond acceptors (Lipinski definition) is 4. The van der Waals surface area contributed by atoms with E-state index in [1.165, 1.54) is 12.2 Å². The fourth-order valence-corrected chi connectivity index (χ4v) is 2.90. The Morgan fingerprint density at radius 1 is 1.19 bits per heavy atom. The predicted octanol–water partition coefficient (Wildman–Crippen LogP) is 5.54. The number of hydrogen-bond donors (Lipinski definition) is 0. The molecule has 0 radical (unpaired) electrons. The minimum absolute atomic E-state index is 0.180. The molecule has 0 aliphatic heterocycles. The van der Waals surface area contributed by atoms with Crippen LogP contribution in [0.5, 0.6) is 11.5 Å². The lowest BCUT2D eigenvalue weighted by Gasteiger charge is -2.13. The van der Waals surface area contributed by atoms with Gasteiger partial charge in [-0.1, -0.05) is 40.7 Å². The second-order valence-corrected chi connectivity index (χ2v) is 6.97. The van der Waals surface area contributed by atoms with Crippen molar-refractivity contribution in [2.45, 2.75) is 6.61 Å². The van der Waals surface area contributed by atoms with E-state index in [2.05, 4.69) is 38.4 Å². The zero-order valence-corrected chi connectivity index (χ0v) is 17.4. The van der Waals surface area contributed by atoms with Gasteiger partial charge in [-0.3, -0.25) is 0 Å². The van der Waals surface area contributed by atoms with Gasteiger partial charge in [0.25, 0.3) is 0 Å². The second kappa shape index (κ2) is 10.2. The van der Waals surface area contributed by atoms with E-state index in [0.29, 0.717) is 18.1 Å². The molecular weight excluding hydrogens is 464 g/mol. The summed E-state index contributed by atoms with van der Waals surface area (Å²) in [6.45, 7) is 4.09. The molecule has 0 saturated heterocycles. The normalized spacial score (nSPS) is 10.6. The maximum absolute atomic E-state index is 11.5. The van der Waals surface area contributed by atoms with E-state index >= 15 is 0 Å². The van der Waals surface area contributed by atoms with Crippen LogP contribution in [0, 0.1) is 0 Å². The summed E-state index contributed by atoms with van der Waals surface area (Å²) in [5.74, 6) is 0.730. The summed E-state index contributed by atoms with van der Waals surface area (Å²) in [5.41, 5.74) is 1.82. The van der Waals surface area contributed by atoms with Gasteiger partial charge in [0.2, 0.25) is 0 Å². The highest BCUT2D eigenvalue weighted by Crippen LogP contribution is 2.37. The molecule has 2 rings (SSSR count). The quantitative estimate of drug-likeness (QED) is 0.282. The van der Waals surface area contributed by atoms with E-state index in [0.717, 1.165) is 20.1 Å². The molecule has 0 aliphatic carbocycles. The molecule has 0 N–H and O–H groups in total. The first-order valence-corrected chi connectivity index (χ1v) is 9.32. The molecule has 2 aromatic carbocycles. The molecule has 26 heavy (non-hydrogen) atoms. The fraction of sp³-hybridized carbons (Fsp3) is 0.150. The Kier molecular flexibility index (Phi) is 7.94. The van der Waals surface area contributed by atoms with Gasteiger partial charge in [0.15, 0.2) is 11.5 Å². The average Bonchev–Trinajstić information content (AvgIpc) is 2.64. The smallest absolute Gasteiger partial charge is 0.331 e. The average molecular weight is 482 g/mol. The summed E-state index contributed by atoms with van der Waals surface area (Å²) in [6, 6.07) is 11.5. The molecule has 6 heteroatoms. The molecular formula is C20H18Br2O4. The lowest BCUT2D eigenvalue weighted by molar-refractivity contribution is -0.136. The van der Waals surface area contributed by atoms with E-state index in [1.807, 2.05) is 30.3 Å². The van der Waals surface area contributed by atoms with Gasteiger partial charge < -0.3 is 14.2 Å². The number of carbonyl (C=O) groups is 1. The molecule has 2 aromatic rings. The predicted molar refractivity (Wildman–Crippen MR) is 109 cm³/mol. The Hall–Kier alpha value is -2.05. The zero-order chi connectivity index (χ0) is 18.9. The molecule has 0 bridgehead atoms. The Balaban J connectivity index is 2.12. The van der Waals surface area contributed by atoms with E-state index in [1.54, 1.807) is 19.3 Å². The van der Waals surface area contributed by atoms with Crippen molar-refractivity contribution >= 4 is 43.9 Å². The molecule has 0 fully saturated rings. The molecule has 4 nitrogen and oxygen atoms in total. The molecule has 0 aromatic heterocycles. The molecule has 136 valence electrons. The second-order valence-electron chi connectivity index (χ2n) is 5.20. The minimum atomic E-state index is -0.435. The van der Waals surface area contributed by atoms with E-state index in [4.69, 9.17) is 14.2 Å². The monoisotopic (exact) mass is 480 g/mol. The third-order valence-electron chi connectivity index (χ3n) is 3.30. The maximum Gasteiger partial charge on any atom is 0.331 e. The zero-order valence-electron chi connectivity index (χ0n) is 14.2. The van der Waals surface area contributed by atoms with Crippen LogP contribution in [0.3, 0.4) is 0 Å². The number of carbonyl (C=O) groups excluding carboxylic acids is 1. The standard InChI is InChI=1S/C20H18Br2O4/c1-3-10-25-19(23)9-6-15-11-17(22)20(18(12-15)24-2)26-13-14-4-7-16(21)8-5-14/h3-9,11-12H,1,10,13H2,2H3/b9-6+. The highest BCUT2D eigenvalue weighted by molar-refractivity contribution is 9.10. The summed E-state index contributed by atoms with van der Waals surface area (Å²) < 4.78 is 18.0. The van der Waals surface area contributed by atoms with Gasteiger partial charge in [-0.2, -0.15) is 0 Å². The van der Waals surface area contributed by atoms with Crippen LogP contribution >= 0.6 is 31.9 Å². The third kappa shape index (κ3) is 6.04.